The Morgan fingerprint density at radius 1 is 1.12 bits per heavy atom. The molecule has 0 aromatic carbocycles. The summed E-state index contributed by atoms with van der Waals surface area (Å²) in [7, 11) is -0.474. The molecule has 16 heavy (non-hydrogen) atoms. The predicted octanol–water partition coefficient (Wildman–Crippen LogP) is 4.03. The Morgan fingerprint density at radius 3 is 2.38 bits per heavy atom. The molecule has 0 aliphatic heterocycles. The SMILES string of the molecule is CCC[Si](CCC)OCC1CC2C=CC1C2. The first kappa shape index (κ1) is 12.4. The van der Waals surface area contributed by atoms with Crippen molar-refractivity contribution in [1.29, 1.82) is 0 Å². The van der Waals surface area contributed by atoms with Crippen molar-refractivity contribution >= 4 is 9.04 Å². The van der Waals surface area contributed by atoms with E-state index in [0.29, 0.717) is 0 Å². The van der Waals surface area contributed by atoms with Gasteiger partial charge in [0.1, 0.15) is 0 Å². The smallest absolute Gasteiger partial charge is 0.211 e. The molecule has 0 N–H and O–H groups in total. The third kappa shape index (κ3) is 2.98. The summed E-state index contributed by atoms with van der Waals surface area (Å²) in [5.74, 6) is 2.60. The summed E-state index contributed by atoms with van der Waals surface area (Å²) in [6.07, 6.45) is 10.3. The van der Waals surface area contributed by atoms with E-state index >= 15 is 0 Å². The fourth-order valence-electron chi connectivity index (χ4n) is 3.14. The Labute approximate surface area is 102 Å². The van der Waals surface area contributed by atoms with Crippen LogP contribution in [0.2, 0.25) is 12.1 Å². The summed E-state index contributed by atoms with van der Waals surface area (Å²) >= 11 is 0. The molecule has 3 unspecified atom stereocenters. The largest absolute Gasteiger partial charge is 0.416 e. The standard InChI is InChI=1S/C14H25OSi/c1-3-7-16(8-4-2)15-11-14-10-12-5-6-13(14)9-12/h5-6,12-14H,3-4,7-11H2,1-2H3. The minimum Gasteiger partial charge on any atom is -0.416 e. The Morgan fingerprint density at radius 2 is 1.88 bits per heavy atom. The molecule has 1 saturated carbocycles. The van der Waals surface area contributed by atoms with Gasteiger partial charge in [0.2, 0.25) is 9.04 Å². The van der Waals surface area contributed by atoms with Gasteiger partial charge in [-0.25, -0.2) is 0 Å². The molecule has 3 atom stereocenters. The highest BCUT2D eigenvalue weighted by Crippen LogP contribution is 2.43. The summed E-state index contributed by atoms with van der Waals surface area (Å²) in [5, 5.41) is 0. The first-order valence-electron chi connectivity index (χ1n) is 6.99. The summed E-state index contributed by atoms with van der Waals surface area (Å²) in [6.45, 7) is 5.62. The van der Waals surface area contributed by atoms with Gasteiger partial charge in [0.05, 0.1) is 0 Å². The third-order valence-electron chi connectivity index (χ3n) is 3.98. The molecule has 2 aliphatic carbocycles. The molecule has 2 bridgehead atoms. The van der Waals surface area contributed by atoms with Gasteiger partial charge in [-0.1, -0.05) is 38.8 Å². The van der Waals surface area contributed by atoms with E-state index in [2.05, 4.69) is 26.0 Å². The zero-order valence-electron chi connectivity index (χ0n) is 10.7. The van der Waals surface area contributed by atoms with Crippen LogP contribution in [0.4, 0.5) is 0 Å². The highest BCUT2D eigenvalue weighted by atomic mass is 28.3. The van der Waals surface area contributed by atoms with Crippen molar-refractivity contribution in [2.45, 2.75) is 51.6 Å². The normalized spacial score (nSPS) is 31.8. The Balaban J connectivity index is 1.71. The number of allylic oxidation sites excluding steroid dienone is 2. The van der Waals surface area contributed by atoms with Crippen molar-refractivity contribution in [3.05, 3.63) is 12.2 Å². The lowest BCUT2D eigenvalue weighted by Gasteiger charge is -2.21. The molecule has 0 aromatic rings. The fourth-order valence-corrected chi connectivity index (χ4v) is 5.24. The van der Waals surface area contributed by atoms with E-state index in [0.717, 1.165) is 24.4 Å². The van der Waals surface area contributed by atoms with Gasteiger partial charge >= 0.3 is 0 Å². The summed E-state index contributed by atoms with van der Waals surface area (Å²) < 4.78 is 6.23. The maximum absolute atomic E-state index is 6.23. The van der Waals surface area contributed by atoms with Crippen molar-refractivity contribution in [2.75, 3.05) is 6.61 Å². The van der Waals surface area contributed by atoms with Crippen molar-refractivity contribution in [3.8, 4) is 0 Å². The predicted molar refractivity (Wildman–Crippen MR) is 70.7 cm³/mol. The van der Waals surface area contributed by atoms with Crippen LogP contribution in [0.3, 0.4) is 0 Å². The molecule has 1 nitrogen and oxygen atoms in total. The molecule has 0 heterocycles. The van der Waals surface area contributed by atoms with Gasteiger partial charge in [-0.2, -0.15) is 0 Å². The second-order valence-electron chi connectivity index (χ2n) is 5.39. The van der Waals surface area contributed by atoms with E-state index in [-0.39, 0.29) is 0 Å². The van der Waals surface area contributed by atoms with E-state index in [1.807, 2.05) is 0 Å². The average Bonchev–Trinajstić information content (AvgIpc) is 2.88. The second kappa shape index (κ2) is 6.01. The van der Waals surface area contributed by atoms with Crippen LogP contribution in [0.15, 0.2) is 12.2 Å². The number of hydrogen-bond acceptors (Lipinski definition) is 1. The van der Waals surface area contributed by atoms with Gasteiger partial charge in [0.25, 0.3) is 0 Å². The van der Waals surface area contributed by atoms with Gasteiger partial charge in [-0.05, 0) is 42.7 Å². The van der Waals surface area contributed by atoms with Crippen molar-refractivity contribution in [2.24, 2.45) is 17.8 Å². The van der Waals surface area contributed by atoms with Crippen molar-refractivity contribution < 1.29 is 4.43 Å². The molecule has 0 aromatic heterocycles. The highest BCUT2D eigenvalue weighted by Gasteiger charge is 2.35. The van der Waals surface area contributed by atoms with Crippen LogP contribution in [0.5, 0.6) is 0 Å². The Kier molecular flexibility index (Phi) is 4.65. The van der Waals surface area contributed by atoms with Gasteiger partial charge in [0.15, 0.2) is 0 Å². The van der Waals surface area contributed by atoms with Gasteiger partial charge in [0, 0.05) is 6.61 Å². The lowest BCUT2D eigenvalue weighted by atomic mass is 9.95. The van der Waals surface area contributed by atoms with E-state index in [1.165, 1.54) is 37.8 Å². The van der Waals surface area contributed by atoms with E-state index < -0.39 is 9.04 Å². The zero-order chi connectivity index (χ0) is 11.4. The summed E-state index contributed by atoms with van der Waals surface area (Å²) in [6, 6.07) is 2.68. The molecule has 2 heteroatoms. The third-order valence-corrected chi connectivity index (χ3v) is 6.67. The fraction of sp³-hybridized carbons (Fsp3) is 0.857. The summed E-state index contributed by atoms with van der Waals surface area (Å²) in [5.41, 5.74) is 0. The molecule has 1 radical (unpaired) electrons. The summed E-state index contributed by atoms with van der Waals surface area (Å²) in [4.78, 5) is 0. The maximum atomic E-state index is 6.23. The lowest BCUT2D eigenvalue weighted by molar-refractivity contribution is 0.226. The molecular weight excluding hydrogens is 212 g/mol. The van der Waals surface area contributed by atoms with Gasteiger partial charge < -0.3 is 4.43 Å². The van der Waals surface area contributed by atoms with Gasteiger partial charge in [-0.15, -0.1) is 0 Å². The minimum absolute atomic E-state index is 0.474. The van der Waals surface area contributed by atoms with Crippen LogP contribution in [0.25, 0.3) is 0 Å². The zero-order valence-corrected chi connectivity index (χ0v) is 11.7. The first-order chi connectivity index (χ1) is 7.83. The van der Waals surface area contributed by atoms with E-state index in [4.69, 9.17) is 4.43 Å². The van der Waals surface area contributed by atoms with Crippen LogP contribution in [0, 0.1) is 17.8 Å². The topological polar surface area (TPSA) is 9.23 Å². The molecule has 91 valence electrons. The molecule has 0 saturated heterocycles. The number of hydrogen-bond donors (Lipinski definition) is 0. The van der Waals surface area contributed by atoms with Crippen LogP contribution < -0.4 is 0 Å². The van der Waals surface area contributed by atoms with Crippen molar-refractivity contribution in [3.63, 3.8) is 0 Å². The van der Waals surface area contributed by atoms with Crippen LogP contribution in [0.1, 0.15) is 39.5 Å². The second-order valence-corrected chi connectivity index (χ2v) is 7.76. The Bertz CT molecular complexity index is 233. The lowest BCUT2D eigenvalue weighted by Crippen LogP contribution is -2.23. The maximum Gasteiger partial charge on any atom is 0.211 e. The molecule has 1 fully saturated rings. The van der Waals surface area contributed by atoms with E-state index in [9.17, 15) is 0 Å². The molecule has 2 rings (SSSR count). The monoisotopic (exact) mass is 237 g/mol. The molecule has 0 spiro atoms. The molecular formula is C14H25OSi. The minimum atomic E-state index is -0.474. The highest BCUT2D eigenvalue weighted by molar-refractivity contribution is 6.51. The van der Waals surface area contributed by atoms with E-state index in [1.54, 1.807) is 0 Å². The quantitative estimate of drug-likeness (QED) is 0.480. The molecule has 0 amide bonds. The average molecular weight is 237 g/mol. The van der Waals surface area contributed by atoms with Crippen LogP contribution in [-0.2, 0) is 4.43 Å². The Hall–Kier alpha value is -0.0831. The number of rotatable bonds is 7. The van der Waals surface area contributed by atoms with Crippen LogP contribution >= 0.6 is 0 Å². The first-order valence-corrected chi connectivity index (χ1v) is 8.81. The van der Waals surface area contributed by atoms with Crippen molar-refractivity contribution in [1.82, 2.24) is 0 Å². The van der Waals surface area contributed by atoms with Gasteiger partial charge in [-0.3, -0.25) is 0 Å². The molecule has 2 aliphatic rings. The number of fused-ring (bicyclic) bond motifs is 2. The van der Waals surface area contributed by atoms with Crippen LogP contribution in [-0.4, -0.2) is 15.6 Å².